The Hall–Kier alpha value is -3.48. The van der Waals surface area contributed by atoms with E-state index >= 15 is 0 Å². The van der Waals surface area contributed by atoms with Crippen molar-refractivity contribution < 1.29 is 27.1 Å². The maximum absolute atomic E-state index is 15.0. The number of benzene rings is 3. The molecule has 0 radical (unpaired) electrons. The number of ether oxygens (including phenoxy) is 1. The van der Waals surface area contributed by atoms with Crippen LogP contribution in [0, 0.1) is 12.7 Å². The summed E-state index contributed by atoms with van der Waals surface area (Å²) in [6.07, 6.45) is 1.58. The number of halogens is 3. The third kappa shape index (κ3) is 6.39. The molecule has 6 rings (SSSR count). The van der Waals surface area contributed by atoms with Crippen LogP contribution in [0.2, 0.25) is 10.0 Å². The summed E-state index contributed by atoms with van der Waals surface area (Å²) in [5.41, 5.74) is 2.26. The number of aromatic nitrogens is 1. The van der Waals surface area contributed by atoms with Crippen molar-refractivity contribution in [1.29, 1.82) is 0 Å². The van der Waals surface area contributed by atoms with Gasteiger partial charge in [0, 0.05) is 53.9 Å². The number of fused-ring (bicyclic) bond motifs is 1. The summed E-state index contributed by atoms with van der Waals surface area (Å²) < 4.78 is 47.6. The highest BCUT2D eigenvalue weighted by Crippen LogP contribution is 2.51. The Kier molecular flexibility index (Phi) is 9.64. The SMILES string of the molecule is Cc1ccc(S(=O)(=O)[C@@]2(C(=O)NCCCN3CCOCC3)CC(=O)N(Cc3ccc(Cl)c(F)c3)[C@H]2c2c[nH]c3cc(Cl)ccc23)cc1. The molecule has 3 heterocycles. The molecule has 1 aromatic heterocycles. The van der Waals surface area contributed by atoms with Crippen LogP contribution in [0.3, 0.4) is 0 Å². The fourth-order valence-electron chi connectivity index (χ4n) is 6.57. The molecular weight excluding hydrogens is 666 g/mol. The van der Waals surface area contributed by atoms with E-state index in [1.54, 1.807) is 42.6 Å². The standard InChI is InChI=1S/C34H35Cl2FN4O5S/c1-22-3-7-25(8-4-22)47(44,45)34(33(43)38-11-2-12-40-13-15-46-16-14-40)19-31(42)41(21-23-5-10-28(36)29(37)17-23)32(34)27-20-39-30-18-24(35)6-9-26(27)30/h3-10,17-18,20,32,39H,2,11-16,19,21H2,1H3,(H,38,43)/t32-,34-/m0/s1. The van der Waals surface area contributed by atoms with Gasteiger partial charge < -0.3 is 19.9 Å². The van der Waals surface area contributed by atoms with E-state index in [4.69, 9.17) is 27.9 Å². The second-order valence-corrected chi connectivity index (χ2v) is 15.1. The lowest BCUT2D eigenvalue weighted by Crippen LogP contribution is -2.56. The van der Waals surface area contributed by atoms with Crippen LogP contribution in [0.15, 0.2) is 71.8 Å². The summed E-state index contributed by atoms with van der Waals surface area (Å²) in [6.45, 7) is 5.40. The summed E-state index contributed by atoms with van der Waals surface area (Å²) in [7, 11) is -4.54. The van der Waals surface area contributed by atoms with Crippen LogP contribution >= 0.6 is 23.2 Å². The van der Waals surface area contributed by atoms with E-state index in [1.165, 1.54) is 29.2 Å². The van der Waals surface area contributed by atoms with E-state index < -0.39 is 44.7 Å². The van der Waals surface area contributed by atoms with Gasteiger partial charge in [0.25, 0.3) is 0 Å². The molecule has 0 aliphatic carbocycles. The van der Waals surface area contributed by atoms with Crippen molar-refractivity contribution in [1.82, 2.24) is 20.1 Å². The summed E-state index contributed by atoms with van der Waals surface area (Å²) in [6, 6.07) is 14.2. The highest BCUT2D eigenvalue weighted by molar-refractivity contribution is 7.93. The van der Waals surface area contributed by atoms with Crippen LogP contribution in [0.5, 0.6) is 0 Å². The highest BCUT2D eigenvalue weighted by atomic mass is 35.5. The van der Waals surface area contributed by atoms with Gasteiger partial charge in [0.1, 0.15) is 5.82 Å². The lowest BCUT2D eigenvalue weighted by Gasteiger charge is -2.36. The average molecular weight is 702 g/mol. The minimum Gasteiger partial charge on any atom is -0.379 e. The molecule has 2 N–H and O–H groups in total. The van der Waals surface area contributed by atoms with Crippen LogP contribution in [0.25, 0.3) is 10.9 Å². The molecule has 2 atom stereocenters. The molecule has 3 aromatic carbocycles. The molecule has 4 aromatic rings. The first-order valence-corrected chi connectivity index (χ1v) is 17.6. The second kappa shape index (κ2) is 13.6. The number of likely N-dealkylation sites (tertiary alicyclic amines) is 1. The van der Waals surface area contributed by atoms with E-state index in [2.05, 4.69) is 15.2 Å². The van der Waals surface area contributed by atoms with E-state index in [0.29, 0.717) is 53.2 Å². The van der Waals surface area contributed by atoms with Gasteiger partial charge >= 0.3 is 0 Å². The number of nitrogens with one attached hydrogen (secondary N) is 2. The fraction of sp³-hybridized carbons (Fsp3) is 0.353. The van der Waals surface area contributed by atoms with Gasteiger partial charge in [0.2, 0.25) is 11.8 Å². The number of sulfone groups is 1. The van der Waals surface area contributed by atoms with Gasteiger partial charge in [0.15, 0.2) is 14.6 Å². The minimum absolute atomic E-state index is 0.0772. The molecule has 2 fully saturated rings. The Morgan fingerprint density at radius 2 is 1.83 bits per heavy atom. The van der Waals surface area contributed by atoms with Gasteiger partial charge in [-0.15, -0.1) is 0 Å². The molecule has 2 amide bonds. The van der Waals surface area contributed by atoms with E-state index in [9.17, 15) is 22.4 Å². The Labute approximate surface area is 282 Å². The number of hydrogen-bond acceptors (Lipinski definition) is 6. The number of amides is 2. The van der Waals surface area contributed by atoms with Crippen LogP contribution in [-0.4, -0.2) is 79.2 Å². The van der Waals surface area contributed by atoms with Crippen molar-refractivity contribution in [3.8, 4) is 0 Å². The number of nitrogens with zero attached hydrogens (tertiary/aromatic N) is 2. The quantitative estimate of drug-likeness (QED) is 0.213. The molecule has 2 saturated heterocycles. The first-order chi connectivity index (χ1) is 22.5. The Balaban J connectivity index is 1.47. The van der Waals surface area contributed by atoms with Gasteiger partial charge in [0.05, 0.1) is 35.6 Å². The average Bonchev–Trinajstić information content (AvgIpc) is 3.59. The van der Waals surface area contributed by atoms with Gasteiger partial charge in [-0.3, -0.25) is 14.5 Å². The van der Waals surface area contributed by atoms with Gasteiger partial charge in [-0.2, -0.15) is 0 Å². The third-order valence-electron chi connectivity index (χ3n) is 9.03. The van der Waals surface area contributed by atoms with Crippen LogP contribution in [0.1, 0.15) is 35.6 Å². The molecule has 47 heavy (non-hydrogen) atoms. The number of hydrogen-bond donors (Lipinski definition) is 2. The minimum atomic E-state index is -4.54. The lowest BCUT2D eigenvalue weighted by atomic mass is 9.91. The van der Waals surface area contributed by atoms with Crippen LogP contribution in [-0.2, 0) is 30.7 Å². The lowest BCUT2D eigenvalue weighted by molar-refractivity contribution is -0.129. The summed E-state index contributed by atoms with van der Waals surface area (Å²) in [5.74, 6) is -2.01. The number of aromatic amines is 1. The monoisotopic (exact) mass is 700 g/mol. The smallest absolute Gasteiger partial charge is 0.244 e. The summed E-state index contributed by atoms with van der Waals surface area (Å²) >= 11 is 12.2. The maximum atomic E-state index is 15.0. The summed E-state index contributed by atoms with van der Waals surface area (Å²) in [4.78, 5) is 35.4. The second-order valence-electron chi connectivity index (χ2n) is 12.1. The number of H-pyrrole nitrogens is 1. The maximum Gasteiger partial charge on any atom is 0.244 e. The number of aryl methyl sites for hydroxylation is 1. The predicted octanol–water partition coefficient (Wildman–Crippen LogP) is 5.45. The predicted molar refractivity (Wildman–Crippen MR) is 179 cm³/mol. The number of carbonyl (C=O) groups is 2. The van der Waals surface area contributed by atoms with Crippen molar-refractivity contribution in [2.45, 2.75) is 42.0 Å². The summed E-state index contributed by atoms with van der Waals surface area (Å²) in [5, 5.41) is 3.87. The Bertz CT molecular complexity index is 1910. The Morgan fingerprint density at radius 1 is 1.09 bits per heavy atom. The molecule has 2 aliphatic heterocycles. The highest BCUT2D eigenvalue weighted by Gasteiger charge is 2.65. The van der Waals surface area contributed by atoms with Crippen LogP contribution in [0.4, 0.5) is 4.39 Å². The Morgan fingerprint density at radius 3 is 2.55 bits per heavy atom. The zero-order chi connectivity index (χ0) is 33.3. The molecule has 0 bridgehead atoms. The van der Waals surface area contributed by atoms with Crippen molar-refractivity contribution >= 4 is 55.8 Å². The third-order valence-corrected chi connectivity index (χ3v) is 12.0. The van der Waals surface area contributed by atoms with Gasteiger partial charge in [-0.1, -0.05) is 53.0 Å². The number of rotatable bonds is 10. The first-order valence-electron chi connectivity index (χ1n) is 15.4. The first kappa shape index (κ1) is 33.4. The molecule has 0 spiro atoms. The number of carbonyl (C=O) groups excluding carboxylic acids is 2. The molecule has 248 valence electrons. The molecule has 13 heteroatoms. The molecule has 2 aliphatic rings. The zero-order valence-corrected chi connectivity index (χ0v) is 28.1. The molecule has 0 unspecified atom stereocenters. The van der Waals surface area contributed by atoms with E-state index in [1.807, 2.05) is 6.92 Å². The van der Waals surface area contributed by atoms with Crippen LogP contribution < -0.4 is 5.32 Å². The van der Waals surface area contributed by atoms with Crippen molar-refractivity contribution in [2.24, 2.45) is 0 Å². The van der Waals surface area contributed by atoms with E-state index in [0.717, 1.165) is 18.7 Å². The zero-order valence-electron chi connectivity index (χ0n) is 25.8. The van der Waals surface area contributed by atoms with E-state index in [-0.39, 0.29) is 23.0 Å². The van der Waals surface area contributed by atoms with Crippen molar-refractivity contribution in [3.05, 3.63) is 99.4 Å². The van der Waals surface area contributed by atoms with Gasteiger partial charge in [-0.05, 0) is 61.9 Å². The molecule has 9 nitrogen and oxygen atoms in total. The largest absolute Gasteiger partial charge is 0.379 e. The number of morpholine rings is 1. The molecular formula is C34H35Cl2FN4O5S. The fourth-order valence-corrected chi connectivity index (χ4v) is 8.96. The molecule has 0 saturated carbocycles. The van der Waals surface area contributed by atoms with Crippen molar-refractivity contribution in [2.75, 3.05) is 39.4 Å². The van der Waals surface area contributed by atoms with Crippen molar-refractivity contribution in [3.63, 3.8) is 0 Å². The van der Waals surface area contributed by atoms with Gasteiger partial charge in [-0.25, -0.2) is 12.8 Å². The topological polar surface area (TPSA) is 112 Å². The normalized spacial score (nSPS) is 20.6.